The molecule has 10 nitrogen and oxygen atoms in total. The number of aromatic nitrogens is 2. The van der Waals surface area contributed by atoms with Crippen molar-refractivity contribution in [1.29, 1.82) is 0 Å². The minimum atomic E-state index is -3.55. The average Bonchev–Trinajstić information content (AvgIpc) is 3.23. The van der Waals surface area contributed by atoms with E-state index in [1.54, 1.807) is 37.3 Å². The summed E-state index contributed by atoms with van der Waals surface area (Å²) in [6.45, 7) is 2.73. The van der Waals surface area contributed by atoms with Crippen molar-refractivity contribution in [1.82, 2.24) is 9.56 Å². The van der Waals surface area contributed by atoms with E-state index in [1.807, 2.05) is 0 Å². The summed E-state index contributed by atoms with van der Waals surface area (Å²) >= 11 is 6.05. The van der Waals surface area contributed by atoms with Gasteiger partial charge >= 0.3 is 0 Å². The smallest absolute Gasteiger partial charge is 0.287 e. The molecular formula is C24H22ClN3O7S. The first kappa shape index (κ1) is 25.3. The Hall–Kier alpha value is -3.83. The van der Waals surface area contributed by atoms with Gasteiger partial charge in [0.15, 0.2) is 22.1 Å². The molecule has 0 fully saturated rings. The predicted molar refractivity (Wildman–Crippen MR) is 133 cm³/mol. The lowest BCUT2D eigenvalue weighted by Crippen LogP contribution is -2.21. The molecule has 0 saturated heterocycles. The van der Waals surface area contributed by atoms with Gasteiger partial charge in [-0.05, 0) is 37.3 Å². The number of anilines is 1. The molecule has 188 valence electrons. The number of fused-ring (bicyclic) bond motifs is 1. The molecular weight excluding hydrogens is 510 g/mol. The fraction of sp³-hybridized carbons (Fsp3) is 0.208. The maximum Gasteiger partial charge on any atom is 0.287 e. The maximum atomic E-state index is 12.6. The largest absolute Gasteiger partial charge is 0.485 e. The Bertz CT molecular complexity index is 1600. The third-order valence-electron chi connectivity index (χ3n) is 5.06. The fourth-order valence-corrected chi connectivity index (χ4v) is 4.38. The van der Waals surface area contributed by atoms with Crippen LogP contribution in [0.3, 0.4) is 0 Å². The zero-order chi connectivity index (χ0) is 25.9. The second-order valence-electron chi connectivity index (χ2n) is 7.70. The van der Waals surface area contributed by atoms with Crippen LogP contribution in [0.5, 0.6) is 11.5 Å². The van der Waals surface area contributed by atoms with Crippen LogP contribution in [0.1, 0.15) is 18.4 Å². The van der Waals surface area contributed by atoms with E-state index in [1.165, 1.54) is 31.2 Å². The van der Waals surface area contributed by atoms with Crippen LogP contribution in [0, 0.1) is 6.92 Å². The van der Waals surface area contributed by atoms with Gasteiger partial charge in [-0.3, -0.25) is 9.59 Å². The summed E-state index contributed by atoms with van der Waals surface area (Å²) in [6.07, 6.45) is 0. The Morgan fingerprint density at radius 3 is 2.64 bits per heavy atom. The number of benzene rings is 2. The number of aryl methyl sites for hydroxylation is 1. The Balaban J connectivity index is 1.56. The number of hydrogen-bond acceptors (Lipinski definition) is 8. The van der Waals surface area contributed by atoms with Crippen molar-refractivity contribution in [3.63, 3.8) is 0 Å². The van der Waals surface area contributed by atoms with Gasteiger partial charge in [-0.1, -0.05) is 30.7 Å². The van der Waals surface area contributed by atoms with Crippen LogP contribution in [0.4, 0.5) is 5.69 Å². The van der Waals surface area contributed by atoms with Crippen LogP contribution in [0.25, 0.3) is 5.65 Å². The quantitative estimate of drug-likeness (QED) is 0.346. The number of ether oxygens (including phenoxy) is 2. The van der Waals surface area contributed by atoms with E-state index in [0.717, 1.165) is 4.57 Å². The SMILES string of the molecule is CCS(=O)(=O)c1ccc(OCc2cc(=O)n3oc(C)cc3n2)c(NC(=O)COc2ccccc2Cl)c1. The van der Waals surface area contributed by atoms with Crippen molar-refractivity contribution >= 4 is 38.7 Å². The minimum absolute atomic E-state index is 0.0198. The normalized spacial score (nSPS) is 11.4. The molecule has 2 heterocycles. The molecule has 12 heteroatoms. The van der Waals surface area contributed by atoms with Gasteiger partial charge in [-0.25, -0.2) is 13.4 Å². The summed E-state index contributed by atoms with van der Waals surface area (Å²) < 4.78 is 42.4. The van der Waals surface area contributed by atoms with Crippen molar-refractivity contribution in [3.05, 3.63) is 81.4 Å². The highest BCUT2D eigenvalue weighted by molar-refractivity contribution is 7.91. The van der Waals surface area contributed by atoms with Gasteiger partial charge in [-0.2, -0.15) is 0 Å². The molecule has 0 aliphatic rings. The molecule has 0 bridgehead atoms. The molecule has 0 aliphatic heterocycles. The fourth-order valence-electron chi connectivity index (χ4n) is 3.28. The van der Waals surface area contributed by atoms with E-state index in [0.29, 0.717) is 27.9 Å². The van der Waals surface area contributed by atoms with Crippen LogP contribution >= 0.6 is 11.6 Å². The van der Waals surface area contributed by atoms with E-state index < -0.39 is 21.3 Å². The Morgan fingerprint density at radius 2 is 1.89 bits per heavy atom. The summed E-state index contributed by atoms with van der Waals surface area (Å²) in [7, 11) is -3.55. The number of para-hydroxylation sites is 1. The third kappa shape index (κ3) is 5.69. The second kappa shape index (κ2) is 10.4. The number of halogens is 1. The standard InChI is InChI=1S/C24H22ClN3O7S/c1-3-36(31,32)17-8-9-21(33-13-16-11-24(30)28-22(26-16)10-15(2)35-28)19(12-17)27-23(29)14-34-20-7-5-4-6-18(20)25/h4-12H,3,13-14H2,1-2H3,(H,27,29). The number of rotatable bonds is 9. The van der Waals surface area contributed by atoms with Gasteiger partial charge < -0.3 is 19.3 Å². The highest BCUT2D eigenvalue weighted by Crippen LogP contribution is 2.29. The van der Waals surface area contributed by atoms with Gasteiger partial charge in [0.2, 0.25) is 0 Å². The first-order chi connectivity index (χ1) is 17.2. The molecule has 2 aromatic heterocycles. The van der Waals surface area contributed by atoms with Gasteiger partial charge in [-0.15, -0.1) is 4.57 Å². The molecule has 1 amide bonds. The van der Waals surface area contributed by atoms with Gasteiger partial charge in [0, 0.05) is 12.1 Å². The molecule has 1 N–H and O–H groups in total. The Kier molecular flexibility index (Phi) is 7.32. The molecule has 2 aromatic carbocycles. The molecule has 0 aliphatic carbocycles. The Morgan fingerprint density at radius 1 is 1.11 bits per heavy atom. The van der Waals surface area contributed by atoms with Crippen molar-refractivity contribution < 1.29 is 27.2 Å². The van der Waals surface area contributed by atoms with E-state index >= 15 is 0 Å². The lowest BCUT2D eigenvalue weighted by molar-refractivity contribution is -0.118. The van der Waals surface area contributed by atoms with Crippen LogP contribution in [0.15, 0.2) is 68.8 Å². The zero-order valence-electron chi connectivity index (χ0n) is 19.4. The zero-order valence-corrected chi connectivity index (χ0v) is 20.9. The third-order valence-corrected chi connectivity index (χ3v) is 7.10. The topological polar surface area (TPSA) is 129 Å². The summed E-state index contributed by atoms with van der Waals surface area (Å²) in [5, 5.41) is 2.97. The summed E-state index contributed by atoms with van der Waals surface area (Å²) in [5.41, 5.74) is 0.356. The molecule has 0 atom stereocenters. The molecule has 0 spiro atoms. The monoisotopic (exact) mass is 531 g/mol. The van der Waals surface area contributed by atoms with Crippen LogP contribution in [0.2, 0.25) is 5.02 Å². The molecule has 0 radical (unpaired) electrons. The van der Waals surface area contributed by atoms with Crippen molar-refractivity contribution in [3.8, 4) is 11.5 Å². The number of nitrogens with zero attached hydrogens (tertiary/aromatic N) is 2. The maximum absolute atomic E-state index is 12.6. The molecule has 0 saturated carbocycles. The minimum Gasteiger partial charge on any atom is -0.485 e. The van der Waals surface area contributed by atoms with E-state index in [-0.39, 0.29) is 35.3 Å². The van der Waals surface area contributed by atoms with E-state index in [4.69, 9.17) is 25.6 Å². The molecule has 0 unspecified atom stereocenters. The summed E-state index contributed by atoms with van der Waals surface area (Å²) in [4.78, 5) is 29.2. The second-order valence-corrected chi connectivity index (χ2v) is 10.4. The Labute approximate surface area is 211 Å². The average molecular weight is 532 g/mol. The number of sulfone groups is 1. The number of carbonyl (C=O) groups excluding carboxylic acids is 1. The van der Waals surface area contributed by atoms with Gasteiger partial charge in [0.1, 0.15) is 23.9 Å². The van der Waals surface area contributed by atoms with Crippen molar-refractivity contribution in [2.45, 2.75) is 25.3 Å². The summed E-state index contributed by atoms with van der Waals surface area (Å²) in [6, 6.07) is 13.7. The lowest BCUT2D eigenvalue weighted by atomic mass is 10.3. The van der Waals surface area contributed by atoms with Crippen LogP contribution in [-0.4, -0.2) is 36.2 Å². The number of hydrogen-bond donors (Lipinski definition) is 1. The number of amides is 1. The predicted octanol–water partition coefficient (Wildman–Crippen LogP) is 3.64. The molecule has 4 rings (SSSR count). The van der Waals surface area contributed by atoms with E-state index in [2.05, 4.69) is 10.3 Å². The first-order valence-electron chi connectivity index (χ1n) is 10.8. The first-order valence-corrected chi connectivity index (χ1v) is 12.9. The highest BCUT2D eigenvalue weighted by Gasteiger charge is 2.17. The van der Waals surface area contributed by atoms with Gasteiger partial charge in [0.05, 0.1) is 27.1 Å². The van der Waals surface area contributed by atoms with Crippen molar-refractivity contribution in [2.75, 3.05) is 17.7 Å². The lowest BCUT2D eigenvalue weighted by Gasteiger charge is -2.15. The molecule has 4 aromatic rings. The summed E-state index contributed by atoms with van der Waals surface area (Å²) in [5.74, 6) is 0.359. The highest BCUT2D eigenvalue weighted by atomic mass is 35.5. The number of carbonyl (C=O) groups is 1. The van der Waals surface area contributed by atoms with Gasteiger partial charge in [0.25, 0.3) is 11.5 Å². The van der Waals surface area contributed by atoms with Crippen molar-refractivity contribution in [2.24, 2.45) is 0 Å². The van der Waals surface area contributed by atoms with Crippen LogP contribution in [-0.2, 0) is 21.2 Å². The number of nitrogens with one attached hydrogen (secondary N) is 1. The van der Waals surface area contributed by atoms with Crippen LogP contribution < -0.4 is 20.3 Å². The molecule has 36 heavy (non-hydrogen) atoms. The van der Waals surface area contributed by atoms with E-state index in [9.17, 15) is 18.0 Å².